The van der Waals surface area contributed by atoms with Crippen LogP contribution in [0.2, 0.25) is 0 Å². The Hall–Kier alpha value is -2.79. The Morgan fingerprint density at radius 2 is 1.91 bits per heavy atom. The van der Waals surface area contributed by atoms with E-state index in [9.17, 15) is 18.0 Å². The van der Waals surface area contributed by atoms with Crippen LogP contribution in [0, 0.1) is 6.92 Å². The number of aryl methyl sites for hydroxylation is 1. The van der Waals surface area contributed by atoms with Crippen LogP contribution in [-0.2, 0) is 0 Å². The highest BCUT2D eigenvalue weighted by molar-refractivity contribution is 7.14. The van der Waals surface area contributed by atoms with E-state index in [1.165, 1.54) is 11.3 Å². The van der Waals surface area contributed by atoms with E-state index in [0.717, 1.165) is 39.2 Å². The van der Waals surface area contributed by atoms with E-state index in [1.54, 1.807) is 6.20 Å². The van der Waals surface area contributed by atoms with E-state index in [-0.39, 0.29) is 30.7 Å². The number of hydrogen-bond donors (Lipinski definition) is 2. The normalized spacial score (nSPS) is 22.4. The Labute approximate surface area is 198 Å². The van der Waals surface area contributed by atoms with E-state index < -0.39 is 12.6 Å². The predicted molar refractivity (Wildman–Crippen MR) is 125 cm³/mol. The van der Waals surface area contributed by atoms with Crippen molar-refractivity contribution in [2.45, 2.75) is 63.3 Å². The van der Waals surface area contributed by atoms with Crippen LogP contribution in [0.3, 0.4) is 0 Å². The minimum atomic E-state index is -4.16. The molecule has 2 amide bonds. The molecule has 2 aliphatic heterocycles. The van der Waals surface area contributed by atoms with Crippen LogP contribution >= 0.6 is 11.3 Å². The van der Waals surface area contributed by atoms with Crippen LogP contribution in [0.5, 0.6) is 0 Å². The summed E-state index contributed by atoms with van der Waals surface area (Å²) < 4.78 is 37.3. The molecule has 2 saturated heterocycles. The van der Waals surface area contributed by atoms with E-state index in [1.807, 2.05) is 36.1 Å². The lowest BCUT2D eigenvalue weighted by Gasteiger charge is -2.39. The van der Waals surface area contributed by atoms with Gasteiger partial charge in [0.25, 0.3) is 0 Å². The maximum atomic E-state index is 13.1. The van der Waals surface area contributed by atoms with Gasteiger partial charge in [0.2, 0.25) is 0 Å². The largest absolute Gasteiger partial charge is 0.390 e. The fourth-order valence-corrected chi connectivity index (χ4v) is 5.71. The molecule has 7 nitrogen and oxygen atoms in total. The maximum Gasteiger partial charge on any atom is 0.390 e. The molecule has 11 heteroatoms. The van der Waals surface area contributed by atoms with Gasteiger partial charge in [0.05, 0.1) is 6.42 Å². The molecular formula is C23H25F3N6OS. The second-order valence-corrected chi connectivity index (χ2v) is 10.1. The first-order valence-corrected chi connectivity index (χ1v) is 12.2. The summed E-state index contributed by atoms with van der Waals surface area (Å²) in [4.78, 5) is 19.3. The van der Waals surface area contributed by atoms with E-state index in [2.05, 4.69) is 25.8 Å². The van der Waals surface area contributed by atoms with Gasteiger partial charge in [0.1, 0.15) is 15.8 Å². The second kappa shape index (κ2) is 9.10. The third-order valence-corrected chi connectivity index (χ3v) is 7.43. The Bertz CT molecular complexity index is 1180. The highest BCUT2D eigenvalue weighted by Gasteiger charge is 2.43. The number of halogens is 3. The van der Waals surface area contributed by atoms with E-state index >= 15 is 0 Å². The molecule has 4 heterocycles. The number of nitrogens with one attached hydrogen (secondary N) is 2. The summed E-state index contributed by atoms with van der Waals surface area (Å²) in [5, 5.41) is 17.9. The summed E-state index contributed by atoms with van der Waals surface area (Å²) in [6.07, 6.45) is -0.204. The van der Waals surface area contributed by atoms with Gasteiger partial charge >= 0.3 is 12.2 Å². The van der Waals surface area contributed by atoms with Gasteiger partial charge in [0.15, 0.2) is 0 Å². The monoisotopic (exact) mass is 490 g/mol. The van der Waals surface area contributed by atoms with Crippen molar-refractivity contribution in [1.82, 2.24) is 25.4 Å². The molecule has 180 valence electrons. The number of urea groups is 1. The van der Waals surface area contributed by atoms with Gasteiger partial charge in [-0.05, 0) is 50.1 Å². The van der Waals surface area contributed by atoms with Gasteiger partial charge in [-0.15, -0.1) is 10.2 Å². The summed E-state index contributed by atoms with van der Waals surface area (Å²) in [7, 11) is 0. The molecule has 2 bridgehead atoms. The zero-order valence-corrected chi connectivity index (χ0v) is 19.4. The Kier molecular flexibility index (Phi) is 6.15. The fraction of sp³-hybridized carbons (Fsp3) is 0.478. The molecule has 34 heavy (non-hydrogen) atoms. The van der Waals surface area contributed by atoms with Crippen LogP contribution in [0.1, 0.15) is 37.1 Å². The third kappa shape index (κ3) is 5.00. The Balaban J connectivity index is 1.25. The van der Waals surface area contributed by atoms with Crippen molar-refractivity contribution in [1.29, 1.82) is 0 Å². The van der Waals surface area contributed by atoms with Gasteiger partial charge < -0.3 is 10.2 Å². The molecule has 0 spiro atoms. The number of aromatic nitrogens is 3. The van der Waals surface area contributed by atoms with Crippen molar-refractivity contribution in [2.75, 3.05) is 11.9 Å². The van der Waals surface area contributed by atoms with Crippen molar-refractivity contribution in [3.8, 4) is 10.6 Å². The number of carbonyl (C=O) groups excluding carboxylic acids is 1. The van der Waals surface area contributed by atoms with Crippen LogP contribution in [-0.4, -0.2) is 57.0 Å². The Morgan fingerprint density at radius 1 is 1.15 bits per heavy atom. The highest BCUT2D eigenvalue weighted by atomic mass is 32.1. The van der Waals surface area contributed by atoms with Gasteiger partial charge in [-0.1, -0.05) is 23.5 Å². The zero-order valence-electron chi connectivity index (χ0n) is 18.6. The average molecular weight is 491 g/mol. The molecule has 0 saturated carbocycles. The summed E-state index contributed by atoms with van der Waals surface area (Å²) in [6, 6.07) is 7.65. The molecule has 2 fully saturated rings. The number of hydrogen-bond acceptors (Lipinski definition) is 6. The summed E-state index contributed by atoms with van der Waals surface area (Å²) in [6.45, 7) is 1.83. The first kappa shape index (κ1) is 23.0. The van der Waals surface area contributed by atoms with Crippen molar-refractivity contribution < 1.29 is 18.0 Å². The number of anilines is 1. The molecule has 3 atom stereocenters. The number of piperidine rings is 1. The molecule has 2 aliphatic rings. The van der Waals surface area contributed by atoms with Crippen molar-refractivity contribution in [3.63, 3.8) is 0 Å². The SMILES string of the molecule is Cc1nnc(-c2ccc3cnc(NC(=O)N4C5CC[C@H]4C[C@@H](NCCC(F)(F)F)C5)cc3c2)s1. The number of pyridine rings is 1. The van der Waals surface area contributed by atoms with Gasteiger partial charge in [-0.3, -0.25) is 5.32 Å². The summed E-state index contributed by atoms with van der Waals surface area (Å²) in [5.74, 6) is 0.466. The van der Waals surface area contributed by atoms with E-state index in [4.69, 9.17) is 0 Å². The molecule has 3 aromatic rings. The number of rotatable bonds is 5. The van der Waals surface area contributed by atoms with Crippen LogP contribution < -0.4 is 10.6 Å². The van der Waals surface area contributed by atoms with Gasteiger partial charge in [0, 0.05) is 41.8 Å². The lowest BCUT2D eigenvalue weighted by molar-refractivity contribution is -0.133. The maximum absolute atomic E-state index is 13.1. The third-order valence-electron chi connectivity index (χ3n) is 6.54. The first-order valence-electron chi connectivity index (χ1n) is 11.3. The van der Waals surface area contributed by atoms with Crippen molar-refractivity contribution in [3.05, 3.63) is 35.5 Å². The number of carbonyl (C=O) groups is 1. The number of nitrogens with zero attached hydrogens (tertiary/aromatic N) is 4. The van der Waals surface area contributed by atoms with Gasteiger partial charge in [-0.25, -0.2) is 9.78 Å². The molecule has 2 N–H and O–H groups in total. The second-order valence-electron chi connectivity index (χ2n) is 8.97. The topological polar surface area (TPSA) is 83.0 Å². The van der Waals surface area contributed by atoms with Gasteiger partial charge in [-0.2, -0.15) is 13.2 Å². The number of fused-ring (bicyclic) bond motifs is 3. The number of benzene rings is 1. The number of amides is 2. The molecule has 2 aromatic heterocycles. The van der Waals surface area contributed by atoms with Crippen molar-refractivity contribution in [2.24, 2.45) is 0 Å². The first-order chi connectivity index (χ1) is 16.2. The van der Waals surface area contributed by atoms with Crippen LogP contribution in [0.25, 0.3) is 21.3 Å². The van der Waals surface area contributed by atoms with Crippen molar-refractivity contribution >= 4 is 34.0 Å². The minimum Gasteiger partial charge on any atom is -0.318 e. The lowest BCUT2D eigenvalue weighted by Crippen LogP contribution is -2.53. The van der Waals surface area contributed by atoms with E-state index in [0.29, 0.717) is 18.7 Å². The average Bonchev–Trinajstić information content (AvgIpc) is 3.33. The van der Waals surface area contributed by atoms with Crippen LogP contribution in [0.15, 0.2) is 30.5 Å². The zero-order chi connectivity index (χ0) is 23.9. The fourth-order valence-electron chi connectivity index (χ4n) is 5.02. The minimum absolute atomic E-state index is 0.00472. The summed E-state index contributed by atoms with van der Waals surface area (Å²) in [5.41, 5.74) is 0.958. The quantitative estimate of drug-likeness (QED) is 0.518. The molecule has 0 radical (unpaired) electrons. The molecular weight excluding hydrogens is 465 g/mol. The smallest absolute Gasteiger partial charge is 0.318 e. The molecule has 5 rings (SSSR count). The number of alkyl halides is 3. The summed E-state index contributed by atoms with van der Waals surface area (Å²) >= 11 is 1.52. The predicted octanol–water partition coefficient (Wildman–Crippen LogP) is 5.13. The molecule has 1 aromatic carbocycles. The molecule has 1 unspecified atom stereocenters. The highest BCUT2D eigenvalue weighted by Crippen LogP contribution is 2.36. The Morgan fingerprint density at radius 3 is 2.59 bits per heavy atom. The van der Waals surface area contributed by atoms with Crippen LogP contribution in [0.4, 0.5) is 23.8 Å². The lowest BCUT2D eigenvalue weighted by atomic mass is 9.97. The standard InChI is InChI=1S/C23H25F3N6OS/c1-13-30-31-21(34-13)14-2-3-15-12-28-20(9-16(15)8-14)29-22(33)32-18-4-5-19(32)11-17(10-18)27-7-6-23(24,25)26/h2-3,8-9,12,17-19,27H,4-7,10-11H2,1H3,(H,28,29,33)/t17-,18+,19?/m1/s1. The molecule has 0 aliphatic carbocycles.